The number of nitrogens with zero attached hydrogens (tertiary/aromatic N) is 2. The summed E-state index contributed by atoms with van der Waals surface area (Å²) in [4.78, 5) is 26.6. The molecule has 0 bridgehead atoms. The largest absolute Gasteiger partial charge is 0.462 e. The number of hydrogen-bond acceptors (Lipinski definition) is 6. The van der Waals surface area contributed by atoms with Crippen molar-refractivity contribution in [1.29, 1.82) is 0 Å². The molecule has 0 saturated carbocycles. The van der Waals surface area contributed by atoms with E-state index < -0.39 is 16.0 Å². The van der Waals surface area contributed by atoms with Crippen LogP contribution in [0.2, 0.25) is 0 Å². The van der Waals surface area contributed by atoms with Gasteiger partial charge < -0.3 is 10.1 Å². The minimum absolute atomic E-state index is 0.00403. The molecular weight excluding hydrogens is 418 g/mol. The zero-order valence-corrected chi connectivity index (χ0v) is 19.8. The predicted octanol–water partition coefficient (Wildman–Crippen LogP) is 2.11. The van der Waals surface area contributed by atoms with Crippen LogP contribution >= 0.6 is 0 Å². The smallest absolute Gasteiger partial charge is 0.338 e. The Bertz CT molecular complexity index is 831. The van der Waals surface area contributed by atoms with Gasteiger partial charge in [0.05, 0.1) is 17.1 Å². The van der Waals surface area contributed by atoms with Crippen molar-refractivity contribution >= 4 is 21.9 Å². The molecule has 0 radical (unpaired) electrons. The first-order valence-electron chi connectivity index (χ1n) is 11.0. The molecule has 2 rings (SSSR count). The van der Waals surface area contributed by atoms with Crippen molar-refractivity contribution in [2.45, 2.75) is 51.5 Å². The van der Waals surface area contributed by atoms with Crippen LogP contribution in [0.25, 0.3) is 0 Å². The van der Waals surface area contributed by atoms with E-state index in [1.165, 1.54) is 28.6 Å². The van der Waals surface area contributed by atoms with E-state index in [1.54, 1.807) is 6.92 Å². The van der Waals surface area contributed by atoms with Gasteiger partial charge in [-0.2, -0.15) is 4.31 Å². The van der Waals surface area contributed by atoms with E-state index in [0.717, 1.165) is 13.1 Å². The summed E-state index contributed by atoms with van der Waals surface area (Å²) in [6.45, 7) is 11.3. The van der Waals surface area contributed by atoms with Crippen molar-refractivity contribution in [2.75, 3.05) is 39.3 Å². The molecule has 0 aromatic heterocycles. The van der Waals surface area contributed by atoms with Gasteiger partial charge in [0.15, 0.2) is 0 Å². The van der Waals surface area contributed by atoms with Gasteiger partial charge in [-0.15, -0.1) is 0 Å². The lowest BCUT2D eigenvalue weighted by atomic mass is 9.97. The lowest BCUT2D eigenvalue weighted by molar-refractivity contribution is -0.126. The maximum Gasteiger partial charge on any atom is 0.338 e. The highest BCUT2D eigenvalue weighted by Crippen LogP contribution is 2.24. The van der Waals surface area contributed by atoms with Gasteiger partial charge in [0.2, 0.25) is 15.9 Å². The Labute approximate surface area is 186 Å². The summed E-state index contributed by atoms with van der Waals surface area (Å²) < 4.78 is 32.2. The number of benzene rings is 1. The summed E-state index contributed by atoms with van der Waals surface area (Å²) in [5.74, 6) is -0.656. The summed E-state index contributed by atoms with van der Waals surface area (Å²) in [6, 6.07) is 6.20. The predicted molar refractivity (Wildman–Crippen MR) is 119 cm³/mol. The molecule has 0 unspecified atom stereocenters. The molecule has 1 saturated heterocycles. The van der Waals surface area contributed by atoms with Crippen LogP contribution in [0.1, 0.15) is 50.9 Å². The quantitative estimate of drug-likeness (QED) is 0.545. The third-order valence-corrected chi connectivity index (χ3v) is 7.58. The molecule has 8 nitrogen and oxygen atoms in total. The monoisotopic (exact) mass is 453 g/mol. The molecule has 1 amide bonds. The van der Waals surface area contributed by atoms with Gasteiger partial charge in [-0.1, -0.05) is 6.92 Å². The number of carbonyl (C=O) groups excluding carboxylic acids is 2. The first kappa shape index (κ1) is 25.3. The summed E-state index contributed by atoms with van der Waals surface area (Å²) in [7, 11) is -3.66. The van der Waals surface area contributed by atoms with Crippen molar-refractivity contribution in [3.05, 3.63) is 29.8 Å². The Balaban J connectivity index is 1.88. The van der Waals surface area contributed by atoms with Crippen molar-refractivity contribution < 1.29 is 22.7 Å². The second-order valence-electron chi connectivity index (χ2n) is 7.94. The standard InChI is InChI=1S/C22H35N3O5S/c1-5-24(17(3)4)16-13-23-21(26)18-11-14-25(15-12-18)31(28,29)20-9-7-19(8-10-20)22(27)30-6-2/h7-10,17-18H,5-6,11-16H2,1-4H3,(H,23,26). The molecule has 1 aromatic rings. The fourth-order valence-electron chi connectivity index (χ4n) is 3.73. The van der Waals surface area contributed by atoms with E-state index in [2.05, 4.69) is 31.0 Å². The number of carbonyl (C=O) groups is 2. The molecule has 1 aliphatic heterocycles. The fraction of sp³-hybridized carbons (Fsp3) is 0.636. The van der Waals surface area contributed by atoms with Gasteiger partial charge in [-0.25, -0.2) is 13.2 Å². The molecule has 1 fully saturated rings. The normalized spacial score (nSPS) is 15.9. The molecule has 31 heavy (non-hydrogen) atoms. The number of nitrogens with one attached hydrogen (secondary N) is 1. The molecule has 0 atom stereocenters. The maximum absolute atomic E-state index is 12.9. The van der Waals surface area contributed by atoms with E-state index in [9.17, 15) is 18.0 Å². The highest BCUT2D eigenvalue weighted by Gasteiger charge is 2.32. The van der Waals surface area contributed by atoms with Gasteiger partial charge in [-0.05, 0) is 64.4 Å². The van der Waals surface area contributed by atoms with Crippen LogP contribution in [0.15, 0.2) is 29.2 Å². The minimum Gasteiger partial charge on any atom is -0.462 e. The summed E-state index contributed by atoms with van der Waals surface area (Å²) in [5, 5.41) is 2.99. The Morgan fingerprint density at radius 2 is 1.77 bits per heavy atom. The highest BCUT2D eigenvalue weighted by molar-refractivity contribution is 7.89. The number of sulfonamides is 1. The number of esters is 1. The molecule has 0 spiro atoms. The van der Waals surface area contributed by atoms with E-state index in [-0.39, 0.29) is 23.3 Å². The van der Waals surface area contributed by atoms with E-state index in [1.807, 2.05) is 0 Å². The van der Waals surface area contributed by atoms with Crippen LogP contribution in [0.5, 0.6) is 0 Å². The summed E-state index contributed by atoms with van der Waals surface area (Å²) >= 11 is 0. The Kier molecular flexibility index (Phi) is 9.46. The summed E-state index contributed by atoms with van der Waals surface area (Å²) in [6.07, 6.45) is 0.987. The third kappa shape index (κ3) is 6.75. The number of rotatable bonds is 10. The van der Waals surface area contributed by atoms with Crippen LogP contribution in [-0.2, 0) is 19.6 Å². The Hall–Kier alpha value is -1.97. The first-order chi connectivity index (χ1) is 14.7. The molecule has 174 valence electrons. The van der Waals surface area contributed by atoms with E-state index >= 15 is 0 Å². The van der Waals surface area contributed by atoms with Crippen LogP contribution in [-0.4, -0.2) is 74.9 Å². The van der Waals surface area contributed by atoms with Crippen molar-refractivity contribution in [1.82, 2.24) is 14.5 Å². The average Bonchev–Trinajstić information content (AvgIpc) is 2.76. The lowest BCUT2D eigenvalue weighted by Gasteiger charge is -2.31. The van der Waals surface area contributed by atoms with Crippen molar-refractivity contribution in [3.8, 4) is 0 Å². The molecule has 1 heterocycles. The van der Waals surface area contributed by atoms with Crippen LogP contribution in [0.3, 0.4) is 0 Å². The van der Waals surface area contributed by atoms with Gasteiger partial charge in [0, 0.05) is 38.1 Å². The molecular formula is C22H35N3O5S. The third-order valence-electron chi connectivity index (χ3n) is 5.66. The topological polar surface area (TPSA) is 96.0 Å². The number of amides is 1. The van der Waals surface area contributed by atoms with Gasteiger partial charge in [0.25, 0.3) is 0 Å². The zero-order valence-electron chi connectivity index (χ0n) is 19.0. The Morgan fingerprint density at radius 1 is 1.16 bits per heavy atom. The second-order valence-corrected chi connectivity index (χ2v) is 9.87. The Morgan fingerprint density at radius 3 is 2.29 bits per heavy atom. The van der Waals surface area contributed by atoms with Gasteiger partial charge in [0.1, 0.15) is 0 Å². The van der Waals surface area contributed by atoms with Crippen molar-refractivity contribution in [2.24, 2.45) is 5.92 Å². The maximum atomic E-state index is 12.9. The van der Waals surface area contributed by atoms with E-state index in [4.69, 9.17) is 4.74 Å². The van der Waals surface area contributed by atoms with Gasteiger partial charge >= 0.3 is 5.97 Å². The number of hydrogen-bond donors (Lipinski definition) is 1. The minimum atomic E-state index is -3.66. The SMILES string of the molecule is CCOC(=O)c1ccc(S(=O)(=O)N2CCC(C(=O)NCCN(CC)C(C)C)CC2)cc1. The van der Waals surface area contributed by atoms with Gasteiger partial charge in [-0.3, -0.25) is 9.69 Å². The van der Waals surface area contributed by atoms with Crippen LogP contribution < -0.4 is 5.32 Å². The van der Waals surface area contributed by atoms with Crippen LogP contribution in [0.4, 0.5) is 0 Å². The summed E-state index contributed by atoms with van der Waals surface area (Å²) in [5.41, 5.74) is 0.315. The highest BCUT2D eigenvalue weighted by atomic mass is 32.2. The zero-order chi connectivity index (χ0) is 23.0. The number of ether oxygens (including phenoxy) is 1. The molecule has 9 heteroatoms. The molecule has 1 aromatic carbocycles. The number of piperidine rings is 1. The second kappa shape index (κ2) is 11.6. The number of likely N-dealkylation sites (N-methyl/N-ethyl adjacent to an activating group) is 1. The molecule has 1 N–H and O–H groups in total. The van der Waals surface area contributed by atoms with Crippen molar-refractivity contribution in [3.63, 3.8) is 0 Å². The molecule has 1 aliphatic rings. The average molecular weight is 454 g/mol. The molecule has 0 aliphatic carbocycles. The van der Waals surface area contributed by atoms with E-state index in [0.29, 0.717) is 44.1 Å². The van der Waals surface area contributed by atoms with Crippen LogP contribution in [0, 0.1) is 5.92 Å². The first-order valence-corrected chi connectivity index (χ1v) is 12.4. The fourth-order valence-corrected chi connectivity index (χ4v) is 5.20. The lowest BCUT2D eigenvalue weighted by Crippen LogP contribution is -2.44.